The summed E-state index contributed by atoms with van der Waals surface area (Å²) in [5.74, 6) is 0.853. The fourth-order valence-electron chi connectivity index (χ4n) is 3.69. The second-order valence-corrected chi connectivity index (χ2v) is 5.85. The second kappa shape index (κ2) is 5.02. The molecular formula is C16H23NO. The summed E-state index contributed by atoms with van der Waals surface area (Å²) in [7, 11) is 0. The molecule has 3 atom stereocenters. The van der Waals surface area contributed by atoms with Crippen LogP contribution in [0.4, 0.5) is 0 Å². The Morgan fingerprint density at radius 2 is 2.17 bits per heavy atom. The van der Waals surface area contributed by atoms with Crippen LogP contribution < -0.4 is 0 Å². The molecule has 1 fully saturated rings. The zero-order valence-electron chi connectivity index (χ0n) is 11.2. The van der Waals surface area contributed by atoms with E-state index in [-0.39, 0.29) is 6.10 Å². The molecule has 2 nitrogen and oxygen atoms in total. The third-order valence-corrected chi connectivity index (χ3v) is 4.65. The Hall–Kier alpha value is -0.860. The summed E-state index contributed by atoms with van der Waals surface area (Å²) in [6.45, 7) is 4.62. The first-order valence-corrected chi connectivity index (χ1v) is 7.29. The molecule has 3 rings (SSSR count). The SMILES string of the molecule is CCCC1CCN(C2Cc3ccccc3C2O)C1. The lowest BCUT2D eigenvalue weighted by Crippen LogP contribution is -2.36. The Morgan fingerprint density at radius 1 is 1.33 bits per heavy atom. The number of aliphatic hydroxyl groups excluding tert-OH is 1. The van der Waals surface area contributed by atoms with Gasteiger partial charge in [0.15, 0.2) is 0 Å². The first-order chi connectivity index (χ1) is 8.79. The Kier molecular flexibility index (Phi) is 3.40. The molecule has 1 aliphatic carbocycles. The van der Waals surface area contributed by atoms with Crippen LogP contribution in [-0.4, -0.2) is 29.1 Å². The van der Waals surface area contributed by atoms with Gasteiger partial charge in [-0.1, -0.05) is 37.6 Å². The van der Waals surface area contributed by atoms with Gasteiger partial charge in [-0.25, -0.2) is 0 Å². The van der Waals surface area contributed by atoms with E-state index in [9.17, 15) is 5.11 Å². The molecule has 1 aromatic rings. The van der Waals surface area contributed by atoms with Crippen molar-refractivity contribution in [2.75, 3.05) is 13.1 Å². The fourth-order valence-corrected chi connectivity index (χ4v) is 3.69. The van der Waals surface area contributed by atoms with Gasteiger partial charge in [0.2, 0.25) is 0 Å². The van der Waals surface area contributed by atoms with Crippen molar-refractivity contribution in [1.29, 1.82) is 0 Å². The molecule has 2 aliphatic rings. The Bertz CT molecular complexity index is 417. The first-order valence-electron chi connectivity index (χ1n) is 7.29. The van der Waals surface area contributed by atoms with Crippen molar-refractivity contribution in [3.63, 3.8) is 0 Å². The van der Waals surface area contributed by atoms with E-state index < -0.39 is 0 Å². The van der Waals surface area contributed by atoms with E-state index in [1.165, 1.54) is 37.9 Å². The zero-order valence-corrected chi connectivity index (χ0v) is 11.2. The molecule has 98 valence electrons. The Morgan fingerprint density at radius 3 is 2.94 bits per heavy atom. The van der Waals surface area contributed by atoms with Crippen LogP contribution in [0.25, 0.3) is 0 Å². The van der Waals surface area contributed by atoms with Crippen molar-refractivity contribution >= 4 is 0 Å². The smallest absolute Gasteiger partial charge is 0.0951 e. The lowest BCUT2D eigenvalue weighted by molar-refractivity contribution is 0.0725. The van der Waals surface area contributed by atoms with Gasteiger partial charge in [-0.05, 0) is 42.9 Å². The van der Waals surface area contributed by atoms with Crippen LogP contribution in [0.5, 0.6) is 0 Å². The summed E-state index contributed by atoms with van der Waals surface area (Å²) in [6.07, 6.45) is 4.68. The van der Waals surface area contributed by atoms with Crippen molar-refractivity contribution in [1.82, 2.24) is 4.90 Å². The molecule has 1 heterocycles. The highest BCUT2D eigenvalue weighted by Gasteiger charge is 2.37. The summed E-state index contributed by atoms with van der Waals surface area (Å²) in [5, 5.41) is 10.5. The lowest BCUT2D eigenvalue weighted by atomic mass is 10.0. The van der Waals surface area contributed by atoms with Crippen LogP contribution in [0.3, 0.4) is 0 Å². The van der Waals surface area contributed by atoms with Crippen LogP contribution in [0.1, 0.15) is 43.4 Å². The highest BCUT2D eigenvalue weighted by molar-refractivity contribution is 5.36. The normalized spacial score (nSPS) is 31.8. The predicted octanol–water partition coefficient (Wildman–Crippen LogP) is 2.77. The fraction of sp³-hybridized carbons (Fsp3) is 0.625. The van der Waals surface area contributed by atoms with Crippen molar-refractivity contribution < 1.29 is 5.11 Å². The maximum atomic E-state index is 10.5. The predicted molar refractivity (Wildman–Crippen MR) is 73.5 cm³/mol. The topological polar surface area (TPSA) is 23.5 Å². The molecule has 0 bridgehead atoms. The molecule has 2 heteroatoms. The quantitative estimate of drug-likeness (QED) is 0.885. The van der Waals surface area contributed by atoms with E-state index >= 15 is 0 Å². The molecule has 1 N–H and O–H groups in total. The van der Waals surface area contributed by atoms with E-state index in [0.717, 1.165) is 17.9 Å². The van der Waals surface area contributed by atoms with Crippen LogP contribution in [0, 0.1) is 5.92 Å². The second-order valence-electron chi connectivity index (χ2n) is 5.85. The molecule has 1 aliphatic heterocycles. The number of likely N-dealkylation sites (tertiary alicyclic amines) is 1. The van der Waals surface area contributed by atoms with Crippen molar-refractivity contribution in [2.45, 2.75) is 44.8 Å². The molecule has 18 heavy (non-hydrogen) atoms. The van der Waals surface area contributed by atoms with Gasteiger partial charge in [0, 0.05) is 12.6 Å². The minimum Gasteiger partial charge on any atom is -0.387 e. The molecule has 0 aromatic heterocycles. The summed E-state index contributed by atoms with van der Waals surface area (Å²) in [6, 6.07) is 8.69. The average molecular weight is 245 g/mol. The largest absolute Gasteiger partial charge is 0.387 e. The van der Waals surface area contributed by atoms with E-state index in [1.807, 2.05) is 6.07 Å². The van der Waals surface area contributed by atoms with Gasteiger partial charge in [0.25, 0.3) is 0 Å². The maximum absolute atomic E-state index is 10.5. The van der Waals surface area contributed by atoms with E-state index in [2.05, 4.69) is 30.0 Å². The van der Waals surface area contributed by atoms with Crippen LogP contribution in [-0.2, 0) is 6.42 Å². The van der Waals surface area contributed by atoms with Gasteiger partial charge < -0.3 is 5.11 Å². The lowest BCUT2D eigenvalue weighted by Gasteiger charge is -2.27. The Balaban J connectivity index is 1.70. The van der Waals surface area contributed by atoms with Crippen molar-refractivity contribution in [3.05, 3.63) is 35.4 Å². The number of hydrogen-bond acceptors (Lipinski definition) is 2. The number of fused-ring (bicyclic) bond motifs is 1. The average Bonchev–Trinajstić information content (AvgIpc) is 2.96. The van der Waals surface area contributed by atoms with Crippen molar-refractivity contribution in [3.8, 4) is 0 Å². The number of hydrogen-bond donors (Lipinski definition) is 1. The van der Waals surface area contributed by atoms with E-state index in [0.29, 0.717) is 6.04 Å². The van der Waals surface area contributed by atoms with E-state index in [4.69, 9.17) is 0 Å². The molecule has 1 aromatic carbocycles. The first kappa shape index (κ1) is 12.2. The number of nitrogens with zero attached hydrogens (tertiary/aromatic N) is 1. The number of rotatable bonds is 3. The third kappa shape index (κ3) is 2.08. The van der Waals surface area contributed by atoms with Gasteiger partial charge in [0.05, 0.1) is 6.10 Å². The van der Waals surface area contributed by atoms with Gasteiger partial charge in [-0.2, -0.15) is 0 Å². The molecule has 0 radical (unpaired) electrons. The van der Waals surface area contributed by atoms with Crippen LogP contribution in [0.15, 0.2) is 24.3 Å². The molecule has 0 spiro atoms. The minimum atomic E-state index is -0.276. The number of benzene rings is 1. The van der Waals surface area contributed by atoms with Crippen LogP contribution in [0.2, 0.25) is 0 Å². The number of aliphatic hydroxyl groups is 1. The van der Waals surface area contributed by atoms with E-state index in [1.54, 1.807) is 0 Å². The summed E-state index contributed by atoms with van der Waals surface area (Å²) >= 11 is 0. The summed E-state index contributed by atoms with van der Waals surface area (Å²) in [4.78, 5) is 2.52. The molecule has 1 saturated heterocycles. The summed E-state index contributed by atoms with van der Waals surface area (Å²) < 4.78 is 0. The van der Waals surface area contributed by atoms with Gasteiger partial charge in [0.1, 0.15) is 0 Å². The molecule has 3 unspecified atom stereocenters. The molecule has 0 amide bonds. The van der Waals surface area contributed by atoms with Gasteiger partial charge in [-0.3, -0.25) is 4.90 Å². The third-order valence-electron chi connectivity index (χ3n) is 4.65. The summed E-state index contributed by atoms with van der Waals surface area (Å²) in [5.41, 5.74) is 2.50. The zero-order chi connectivity index (χ0) is 12.5. The minimum absolute atomic E-state index is 0.276. The standard InChI is InChI=1S/C16H23NO/c1-2-5-12-8-9-17(11-12)15-10-13-6-3-4-7-14(13)16(15)18/h3-4,6-7,12,15-16,18H,2,5,8-11H2,1H3. The molecular weight excluding hydrogens is 222 g/mol. The van der Waals surface area contributed by atoms with Crippen molar-refractivity contribution in [2.24, 2.45) is 5.92 Å². The Labute approximate surface area is 110 Å². The van der Waals surface area contributed by atoms with Gasteiger partial charge in [-0.15, -0.1) is 0 Å². The highest BCUT2D eigenvalue weighted by Crippen LogP contribution is 2.36. The maximum Gasteiger partial charge on any atom is 0.0951 e. The van der Waals surface area contributed by atoms with Gasteiger partial charge >= 0.3 is 0 Å². The highest BCUT2D eigenvalue weighted by atomic mass is 16.3. The molecule has 0 saturated carbocycles. The monoisotopic (exact) mass is 245 g/mol. The van der Waals surface area contributed by atoms with Crippen LogP contribution >= 0.6 is 0 Å².